The average Bonchev–Trinajstić information content (AvgIpc) is 3.08. The van der Waals surface area contributed by atoms with Crippen LogP contribution in [0.2, 0.25) is 10.0 Å². The lowest BCUT2D eigenvalue weighted by Crippen LogP contribution is -2.35. The standard InChI is InChI=1S/C32H25Cl2F3N4O3.C2HF3O2/c33-26-12-7-21(16-27(26)34)17-30(42)40(19-22-4-3-14-38-18-22)15-13-29-39-28-6-2-1-5-25(28)31(43)41(29)23-8-10-24(11-9-23)44-20-32(35,36)37;3-2(4,5)1(6)7/h1-12,14,16,18H,13,15,17,19-20H2;(H,6,7). The van der Waals surface area contributed by atoms with Crippen molar-refractivity contribution in [1.82, 2.24) is 19.4 Å². The fraction of sp³-hybridized carbons (Fsp3) is 0.206. The molecule has 2 aromatic heterocycles. The van der Waals surface area contributed by atoms with Crippen molar-refractivity contribution in [1.29, 1.82) is 0 Å². The second-order valence-electron chi connectivity index (χ2n) is 10.7. The molecule has 5 aromatic rings. The van der Waals surface area contributed by atoms with Crippen LogP contribution in [0.1, 0.15) is 17.0 Å². The first-order valence-electron chi connectivity index (χ1n) is 14.7. The van der Waals surface area contributed by atoms with Crippen molar-refractivity contribution < 1.29 is 45.8 Å². The van der Waals surface area contributed by atoms with Gasteiger partial charge in [-0.3, -0.25) is 19.1 Å². The molecular formula is C34H26Cl2F6N4O5. The number of fused-ring (bicyclic) bond motifs is 1. The maximum absolute atomic E-state index is 13.7. The molecule has 5 rings (SSSR count). The van der Waals surface area contributed by atoms with E-state index in [1.165, 1.54) is 28.8 Å². The number of aromatic nitrogens is 3. The first kappa shape index (κ1) is 38.6. The summed E-state index contributed by atoms with van der Waals surface area (Å²) in [7, 11) is 0. The van der Waals surface area contributed by atoms with E-state index >= 15 is 0 Å². The Morgan fingerprint density at radius 1 is 0.882 bits per heavy atom. The number of amides is 1. The number of benzene rings is 3. The number of ether oxygens (including phenoxy) is 1. The highest BCUT2D eigenvalue weighted by Crippen LogP contribution is 2.24. The number of carbonyl (C=O) groups excluding carboxylic acids is 1. The highest BCUT2D eigenvalue weighted by atomic mass is 35.5. The minimum atomic E-state index is -5.08. The highest BCUT2D eigenvalue weighted by molar-refractivity contribution is 6.42. The number of pyridine rings is 1. The summed E-state index contributed by atoms with van der Waals surface area (Å²) >= 11 is 12.2. The Hall–Kier alpha value is -5.15. The Balaban J connectivity index is 0.000000755. The van der Waals surface area contributed by atoms with Crippen LogP contribution >= 0.6 is 23.2 Å². The average molecular weight is 755 g/mol. The summed E-state index contributed by atoms with van der Waals surface area (Å²) in [5, 5.41) is 8.22. The molecule has 0 aliphatic rings. The number of alkyl halides is 6. The van der Waals surface area contributed by atoms with Gasteiger partial charge in [0.15, 0.2) is 6.61 Å². The van der Waals surface area contributed by atoms with Gasteiger partial charge in [0, 0.05) is 31.9 Å². The molecule has 0 unspecified atom stereocenters. The number of para-hydroxylation sites is 1. The van der Waals surface area contributed by atoms with Crippen LogP contribution in [-0.2, 0) is 29.0 Å². The molecule has 0 spiro atoms. The molecule has 0 radical (unpaired) electrons. The zero-order valence-electron chi connectivity index (χ0n) is 26.1. The molecule has 3 aromatic carbocycles. The van der Waals surface area contributed by atoms with Crippen molar-refractivity contribution in [2.24, 2.45) is 0 Å². The molecular weight excluding hydrogens is 729 g/mol. The summed E-state index contributed by atoms with van der Waals surface area (Å²) < 4.78 is 75.8. The summed E-state index contributed by atoms with van der Waals surface area (Å²) in [4.78, 5) is 46.7. The number of rotatable bonds is 10. The molecule has 1 N–H and O–H groups in total. The topological polar surface area (TPSA) is 115 Å². The summed E-state index contributed by atoms with van der Waals surface area (Å²) in [6.45, 7) is -0.970. The Morgan fingerprint density at radius 3 is 2.18 bits per heavy atom. The van der Waals surface area contributed by atoms with Crippen LogP contribution in [0.15, 0.2) is 96.1 Å². The third-order valence-electron chi connectivity index (χ3n) is 6.98. The zero-order valence-corrected chi connectivity index (χ0v) is 27.6. The van der Waals surface area contributed by atoms with Crippen molar-refractivity contribution in [3.8, 4) is 11.4 Å². The van der Waals surface area contributed by atoms with E-state index in [2.05, 4.69) is 4.98 Å². The van der Waals surface area contributed by atoms with Crippen LogP contribution in [0.5, 0.6) is 5.75 Å². The van der Waals surface area contributed by atoms with Crippen LogP contribution in [0, 0.1) is 0 Å². The van der Waals surface area contributed by atoms with Gasteiger partial charge in [-0.05, 0) is 65.7 Å². The lowest BCUT2D eigenvalue weighted by molar-refractivity contribution is -0.192. The first-order valence-corrected chi connectivity index (χ1v) is 15.5. The maximum Gasteiger partial charge on any atom is 0.490 e. The van der Waals surface area contributed by atoms with E-state index in [0.29, 0.717) is 38.0 Å². The zero-order chi connectivity index (χ0) is 37.3. The highest BCUT2D eigenvalue weighted by Gasteiger charge is 2.38. The van der Waals surface area contributed by atoms with Gasteiger partial charge in [-0.25, -0.2) is 9.78 Å². The Bertz CT molecular complexity index is 2040. The third kappa shape index (κ3) is 11.2. The fourth-order valence-electron chi connectivity index (χ4n) is 4.64. The molecule has 0 atom stereocenters. The predicted molar refractivity (Wildman–Crippen MR) is 176 cm³/mol. The van der Waals surface area contributed by atoms with Crippen LogP contribution in [0.25, 0.3) is 16.6 Å². The fourth-order valence-corrected chi connectivity index (χ4v) is 4.96. The number of nitrogens with zero attached hydrogens (tertiary/aromatic N) is 4. The molecule has 268 valence electrons. The molecule has 0 saturated heterocycles. The molecule has 0 aliphatic carbocycles. The van der Waals surface area contributed by atoms with Crippen LogP contribution < -0.4 is 10.3 Å². The van der Waals surface area contributed by atoms with E-state index in [4.69, 9.17) is 42.8 Å². The van der Waals surface area contributed by atoms with Crippen LogP contribution in [0.3, 0.4) is 0 Å². The third-order valence-corrected chi connectivity index (χ3v) is 7.72. The number of hydrogen-bond acceptors (Lipinski definition) is 6. The molecule has 0 bridgehead atoms. The van der Waals surface area contributed by atoms with Gasteiger partial charge in [-0.15, -0.1) is 0 Å². The number of hydrogen-bond donors (Lipinski definition) is 1. The van der Waals surface area contributed by atoms with Gasteiger partial charge in [-0.1, -0.05) is 47.5 Å². The van der Waals surface area contributed by atoms with Crippen molar-refractivity contribution >= 4 is 46.0 Å². The van der Waals surface area contributed by atoms with Crippen LogP contribution in [0.4, 0.5) is 26.3 Å². The number of carboxylic acids is 1. The molecule has 1 amide bonds. The predicted octanol–water partition coefficient (Wildman–Crippen LogP) is 7.48. The first-order chi connectivity index (χ1) is 24.0. The number of carbonyl (C=O) groups is 2. The SMILES string of the molecule is O=C(Cc1ccc(Cl)c(Cl)c1)N(CCc1nc2ccccc2c(=O)n1-c1ccc(OCC(F)(F)F)cc1)Cc1cccnc1.O=C(O)C(F)(F)F. The van der Waals surface area contributed by atoms with E-state index in [9.17, 15) is 35.9 Å². The lowest BCUT2D eigenvalue weighted by Gasteiger charge is -2.24. The largest absolute Gasteiger partial charge is 0.490 e. The molecule has 51 heavy (non-hydrogen) atoms. The molecule has 0 saturated carbocycles. The van der Waals surface area contributed by atoms with Gasteiger partial charge < -0.3 is 14.7 Å². The minimum absolute atomic E-state index is 0.00460. The second kappa shape index (κ2) is 16.7. The Kier molecular flexibility index (Phi) is 12.7. The van der Waals surface area contributed by atoms with Crippen molar-refractivity contribution in [3.05, 3.63) is 129 Å². The van der Waals surface area contributed by atoms with E-state index in [1.54, 1.807) is 65.8 Å². The number of aliphatic carboxylic acids is 1. The van der Waals surface area contributed by atoms with E-state index in [0.717, 1.165) is 5.56 Å². The number of carboxylic acid groups (broad SMARTS) is 1. The summed E-state index contributed by atoms with van der Waals surface area (Å²) in [5.74, 6) is -2.57. The van der Waals surface area contributed by atoms with Gasteiger partial charge in [0.2, 0.25) is 5.91 Å². The quantitative estimate of drug-likeness (QED) is 0.147. The summed E-state index contributed by atoms with van der Waals surface area (Å²) in [5.41, 5.74) is 2.02. The van der Waals surface area contributed by atoms with Crippen molar-refractivity contribution in [2.45, 2.75) is 31.7 Å². The van der Waals surface area contributed by atoms with Gasteiger partial charge in [-0.2, -0.15) is 26.3 Å². The van der Waals surface area contributed by atoms with Crippen LogP contribution in [-0.4, -0.2) is 61.9 Å². The van der Waals surface area contributed by atoms with Gasteiger partial charge in [0.05, 0.1) is 33.1 Å². The van der Waals surface area contributed by atoms with Crippen molar-refractivity contribution in [3.63, 3.8) is 0 Å². The smallest absolute Gasteiger partial charge is 0.484 e. The second-order valence-corrected chi connectivity index (χ2v) is 11.6. The normalized spacial score (nSPS) is 11.5. The monoisotopic (exact) mass is 754 g/mol. The summed E-state index contributed by atoms with van der Waals surface area (Å²) in [6.07, 6.45) is -5.99. The van der Waals surface area contributed by atoms with Gasteiger partial charge >= 0.3 is 18.3 Å². The Morgan fingerprint density at radius 2 is 1.57 bits per heavy atom. The van der Waals surface area contributed by atoms with Gasteiger partial charge in [0.25, 0.3) is 5.56 Å². The molecule has 0 aliphatic heterocycles. The number of halogens is 8. The van der Waals surface area contributed by atoms with E-state index < -0.39 is 24.9 Å². The Labute approximate surface area is 295 Å². The molecule has 17 heteroatoms. The van der Waals surface area contributed by atoms with Crippen molar-refractivity contribution in [2.75, 3.05) is 13.2 Å². The lowest BCUT2D eigenvalue weighted by atomic mass is 10.1. The maximum atomic E-state index is 13.7. The molecule has 2 heterocycles. The molecule has 0 fully saturated rings. The molecule has 9 nitrogen and oxygen atoms in total. The minimum Gasteiger partial charge on any atom is -0.484 e. The van der Waals surface area contributed by atoms with E-state index in [-0.39, 0.29) is 43.1 Å². The van der Waals surface area contributed by atoms with E-state index in [1.807, 2.05) is 6.07 Å². The van der Waals surface area contributed by atoms with Gasteiger partial charge in [0.1, 0.15) is 11.6 Å². The summed E-state index contributed by atoms with van der Waals surface area (Å²) in [6, 6.07) is 21.2.